The Hall–Kier alpha value is -3.99. The summed E-state index contributed by atoms with van der Waals surface area (Å²) in [6, 6.07) is 13.4. The number of carbonyl (C=O) groups excluding carboxylic acids is 1. The fourth-order valence-corrected chi connectivity index (χ4v) is 4.97. The first-order valence-electron chi connectivity index (χ1n) is 10.0. The number of nitrogens with one attached hydrogen (secondary N) is 1. The van der Waals surface area contributed by atoms with E-state index in [2.05, 4.69) is 5.32 Å². The summed E-state index contributed by atoms with van der Waals surface area (Å²) in [5.74, 6) is -1.25. The molecule has 1 amide bonds. The Labute approximate surface area is 196 Å². The van der Waals surface area contributed by atoms with E-state index in [4.69, 9.17) is 4.74 Å². The second-order valence-corrected chi connectivity index (χ2v) is 9.23. The molecule has 0 radical (unpaired) electrons. The minimum absolute atomic E-state index is 0.0517. The molecule has 0 aliphatic rings. The van der Waals surface area contributed by atoms with E-state index >= 15 is 0 Å². The molecule has 11 heteroatoms. The van der Waals surface area contributed by atoms with E-state index in [1.54, 1.807) is 13.0 Å². The number of sulfonamides is 1. The first kappa shape index (κ1) is 24.6. The van der Waals surface area contributed by atoms with Crippen LogP contribution in [0, 0.1) is 29.8 Å². The number of hydrogen-bond donors (Lipinski definition) is 1. The van der Waals surface area contributed by atoms with Gasteiger partial charge in [0.2, 0.25) is 5.91 Å². The van der Waals surface area contributed by atoms with Crippen molar-refractivity contribution in [2.75, 3.05) is 23.3 Å². The summed E-state index contributed by atoms with van der Waals surface area (Å²) < 4.78 is 46.8. The molecule has 1 N–H and O–H groups in total. The first-order chi connectivity index (χ1) is 16.0. The number of carbonyl (C=O) groups is 1. The molecule has 3 aromatic rings. The van der Waals surface area contributed by atoms with Crippen molar-refractivity contribution in [2.24, 2.45) is 0 Å². The molecule has 0 spiro atoms. The highest BCUT2D eigenvalue weighted by molar-refractivity contribution is 7.93. The number of rotatable bonds is 8. The van der Waals surface area contributed by atoms with Gasteiger partial charge in [0.05, 0.1) is 29.0 Å². The van der Waals surface area contributed by atoms with Crippen molar-refractivity contribution in [3.63, 3.8) is 0 Å². The van der Waals surface area contributed by atoms with E-state index < -0.39 is 33.2 Å². The molecule has 0 aliphatic heterocycles. The maximum absolute atomic E-state index is 13.6. The Morgan fingerprint density at radius 1 is 1.12 bits per heavy atom. The maximum Gasteiger partial charge on any atom is 0.274 e. The number of benzene rings is 3. The van der Waals surface area contributed by atoms with Gasteiger partial charge < -0.3 is 10.1 Å². The Morgan fingerprint density at radius 3 is 2.41 bits per heavy atom. The van der Waals surface area contributed by atoms with Crippen LogP contribution in [0.3, 0.4) is 0 Å². The molecule has 0 fully saturated rings. The van der Waals surface area contributed by atoms with E-state index in [1.165, 1.54) is 56.5 Å². The average molecular weight is 488 g/mol. The van der Waals surface area contributed by atoms with E-state index in [-0.39, 0.29) is 33.3 Å². The SMILES string of the molecule is COc1ccc(C)cc1S(=O)(=O)N(CC(=O)Nc1cccc([N+](=O)[O-])c1C)c1ccc(F)cc1. The predicted molar refractivity (Wildman–Crippen MR) is 125 cm³/mol. The van der Waals surface area contributed by atoms with Gasteiger partial charge in [0, 0.05) is 6.07 Å². The van der Waals surface area contributed by atoms with E-state index in [0.717, 1.165) is 16.4 Å². The van der Waals surface area contributed by atoms with Crippen molar-refractivity contribution >= 4 is 33.0 Å². The van der Waals surface area contributed by atoms with Gasteiger partial charge >= 0.3 is 0 Å². The molecule has 0 aromatic heterocycles. The normalized spacial score (nSPS) is 11.1. The molecule has 3 rings (SSSR count). The van der Waals surface area contributed by atoms with Gasteiger partial charge in [0.1, 0.15) is 23.0 Å². The van der Waals surface area contributed by atoms with Crippen molar-refractivity contribution in [2.45, 2.75) is 18.7 Å². The lowest BCUT2D eigenvalue weighted by atomic mass is 10.1. The van der Waals surface area contributed by atoms with Crippen LogP contribution in [0.5, 0.6) is 5.75 Å². The minimum Gasteiger partial charge on any atom is -0.495 e. The summed E-state index contributed by atoms with van der Waals surface area (Å²) in [5, 5.41) is 13.7. The van der Waals surface area contributed by atoms with Crippen LogP contribution in [0.1, 0.15) is 11.1 Å². The van der Waals surface area contributed by atoms with Gasteiger partial charge in [-0.2, -0.15) is 0 Å². The highest BCUT2D eigenvalue weighted by Gasteiger charge is 2.30. The van der Waals surface area contributed by atoms with Gasteiger partial charge in [-0.1, -0.05) is 12.1 Å². The molecule has 34 heavy (non-hydrogen) atoms. The lowest BCUT2D eigenvalue weighted by Gasteiger charge is -2.25. The molecule has 0 bridgehead atoms. The minimum atomic E-state index is -4.33. The van der Waals surface area contributed by atoms with Crippen LogP contribution in [0.25, 0.3) is 0 Å². The smallest absolute Gasteiger partial charge is 0.274 e. The average Bonchev–Trinajstić information content (AvgIpc) is 2.79. The molecule has 178 valence electrons. The van der Waals surface area contributed by atoms with Crippen LogP contribution < -0.4 is 14.4 Å². The zero-order chi connectivity index (χ0) is 25.0. The third-order valence-corrected chi connectivity index (χ3v) is 6.86. The Balaban J connectivity index is 2.02. The third kappa shape index (κ3) is 5.15. The lowest BCUT2D eigenvalue weighted by Crippen LogP contribution is -2.38. The van der Waals surface area contributed by atoms with Gasteiger partial charge in [0.25, 0.3) is 15.7 Å². The molecule has 0 aliphatic carbocycles. The summed E-state index contributed by atoms with van der Waals surface area (Å²) in [6.45, 7) is 2.51. The molecule has 9 nitrogen and oxygen atoms in total. The lowest BCUT2D eigenvalue weighted by molar-refractivity contribution is -0.385. The van der Waals surface area contributed by atoms with Crippen LogP contribution in [0.15, 0.2) is 65.6 Å². The van der Waals surface area contributed by atoms with Crippen molar-refractivity contribution in [1.82, 2.24) is 0 Å². The van der Waals surface area contributed by atoms with Crippen molar-refractivity contribution < 1.29 is 27.3 Å². The monoisotopic (exact) mass is 487 g/mol. The van der Waals surface area contributed by atoms with Crippen molar-refractivity contribution in [3.8, 4) is 5.75 Å². The summed E-state index contributed by atoms with van der Waals surface area (Å²) in [7, 11) is -3.01. The van der Waals surface area contributed by atoms with Crippen molar-refractivity contribution in [3.05, 3.63) is 87.7 Å². The Morgan fingerprint density at radius 2 is 1.79 bits per heavy atom. The zero-order valence-electron chi connectivity index (χ0n) is 18.6. The molecular weight excluding hydrogens is 465 g/mol. The zero-order valence-corrected chi connectivity index (χ0v) is 19.4. The van der Waals surface area contributed by atoms with Gasteiger partial charge in [-0.15, -0.1) is 0 Å². The number of ether oxygens (including phenoxy) is 1. The first-order valence-corrected chi connectivity index (χ1v) is 11.5. The number of amides is 1. The second-order valence-electron chi connectivity index (χ2n) is 7.40. The standard InChI is InChI=1S/C23H22FN3O6S/c1-15-7-12-21(33-3)22(13-15)34(31,32)26(18-10-8-17(24)9-11-18)14-23(28)25-19-5-4-6-20(16(19)2)27(29)30/h4-13H,14H2,1-3H3,(H,25,28). The molecule has 0 saturated heterocycles. The van der Waals surface area contributed by atoms with Crippen LogP contribution in [0.2, 0.25) is 0 Å². The fourth-order valence-electron chi connectivity index (χ4n) is 3.30. The Bertz CT molecular complexity index is 1340. The largest absolute Gasteiger partial charge is 0.495 e. The van der Waals surface area contributed by atoms with Gasteiger partial charge in [-0.25, -0.2) is 12.8 Å². The van der Waals surface area contributed by atoms with Crippen LogP contribution in [0.4, 0.5) is 21.5 Å². The number of nitro benzene ring substituents is 1. The third-order valence-electron chi connectivity index (χ3n) is 5.06. The number of nitrogens with zero attached hydrogens (tertiary/aromatic N) is 2. The Kier molecular flexibility index (Phi) is 7.16. The topological polar surface area (TPSA) is 119 Å². The van der Waals surface area contributed by atoms with E-state index in [0.29, 0.717) is 5.56 Å². The molecule has 3 aromatic carbocycles. The fraction of sp³-hybridized carbons (Fsp3) is 0.174. The van der Waals surface area contributed by atoms with E-state index in [9.17, 15) is 27.7 Å². The predicted octanol–water partition coefficient (Wildman–Crippen LogP) is 4.19. The van der Waals surface area contributed by atoms with Crippen LogP contribution in [-0.4, -0.2) is 32.9 Å². The maximum atomic E-state index is 13.6. The number of anilines is 2. The molecule has 0 atom stereocenters. The van der Waals surface area contributed by atoms with Gasteiger partial charge in [-0.3, -0.25) is 19.2 Å². The molecule has 0 unspecified atom stereocenters. The number of halogens is 1. The van der Waals surface area contributed by atoms with Crippen molar-refractivity contribution in [1.29, 1.82) is 0 Å². The molecule has 0 heterocycles. The van der Waals surface area contributed by atoms with Gasteiger partial charge in [0.15, 0.2) is 0 Å². The molecular formula is C23H22FN3O6S. The number of methoxy groups -OCH3 is 1. The second kappa shape index (κ2) is 9.87. The highest BCUT2D eigenvalue weighted by Crippen LogP contribution is 2.31. The number of hydrogen-bond acceptors (Lipinski definition) is 6. The van der Waals surface area contributed by atoms with E-state index in [1.807, 2.05) is 0 Å². The summed E-state index contributed by atoms with van der Waals surface area (Å²) in [6.07, 6.45) is 0. The highest BCUT2D eigenvalue weighted by atomic mass is 32.2. The summed E-state index contributed by atoms with van der Waals surface area (Å²) in [4.78, 5) is 23.3. The summed E-state index contributed by atoms with van der Waals surface area (Å²) >= 11 is 0. The summed E-state index contributed by atoms with van der Waals surface area (Å²) in [5.41, 5.74) is 0.900. The van der Waals surface area contributed by atoms with Gasteiger partial charge in [-0.05, 0) is 61.9 Å². The number of aryl methyl sites for hydroxylation is 1. The van der Waals surface area contributed by atoms with Crippen LogP contribution >= 0.6 is 0 Å². The quantitative estimate of drug-likeness (QED) is 0.376. The molecule has 0 saturated carbocycles. The van der Waals surface area contributed by atoms with Crippen LogP contribution in [-0.2, 0) is 14.8 Å². The number of nitro groups is 1.